The molecule has 0 rings (SSSR count). The number of ether oxygens (including phenoxy) is 3. The summed E-state index contributed by atoms with van der Waals surface area (Å²) in [5, 5.41) is 11.6. The van der Waals surface area contributed by atoms with E-state index in [0.29, 0.717) is 12.8 Å². The van der Waals surface area contributed by atoms with Crippen molar-refractivity contribution in [3.63, 3.8) is 0 Å². The molecular weight excluding hydrogens is 727 g/mol. The number of likely N-dealkylation sites (N-methyl/N-ethyl adjacent to an activating group) is 1. The molecule has 0 fully saturated rings. The van der Waals surface area contributed by atoms with Gasteiger partial charge in [-0.1, -0.05) is 186 Å². The highest BCUT2D eigenvalue weighted by Gasteiger charge is 2.25. The summed E-state index contributed by atoms with van der Waals surface area (Å²) in [6, 6.07) is -0.726. The van der Waals surface area contributed by atoms with Gasteiger partial charge in [0.2, 0.25) is 0 Å². The first-order valence-corrected chi connectivity index (χ1v) is 24.4. The summed E-state index contributed by atoms with van der Waals surface area (Å²) in [4.78, 5) is 36.9. The third-order valence-electron chi connectivity index (χ3n) is 11.1. The highest BCUT2D eigenvalue weighted by Crippen LogP contribution is 2.16. The first-order chi connectivity index (χ1) is 28.1. The number of rotatable bonds is 44. The number of carboxylic acids is 1. The van der Waals surface area contributed by atoms with Crippen molar-refractivity contribution in [1.29, 1.82) is 0 Å². The lowest BCUT2D eigenvalue weighted by Crippen LogP contribution is -2.55. The summed E-state index contributed by atoms with van der Waals surface area (Å²) in [7, 11) is 5.41. The maximum Gasteiger partial charge on any atom is 0.306 e. The lowest BCUT2D eigenvalue weighted by Gasteiger charge is -2.34. The highest BCUT2D eigenvalue weighted by molar-refractivity contribution is 5.70. The average Bonchev–Trinajstić information content (AvgIpc) is 3.18. The van der Waals surface area contributed by atoms with Gasteiger partial charge in [-0.25, -0.2) is 0 Å². The number of quaternary nitrogens is 1. The predicted octanol–water partition coefficient (Wildman–Crippen LogP) is 12.3. The van der Waals surface area contributed by atoms with E-state index in [-0.39, 0.29) is 42.7 Å². The maximum atomic E-state index is 12.7. The van der Waals surface area contributed by atoms with E-state index in [2.05, 4.69) is 38.2 Å². The van der Waals surface area contributed by atoms with Gasteiger partial charge in [-0.05, 0) is 44.9 Å². The van der Waals surface area contributed by atoms with Gasteiger partial charge in [0.15, 0.2) is 6.10 Å². The third-order valence-corrected chi connectivity index (χ3v) is 11.1. The molecule has 0 aliphatic carbocycles. The van der Waals surface area contributed by atoms with Crippen LogP contribution in [0.3, 0.4) is 0 Å². The maximum absolute atomic E-state index is 12.7. The predicted molar refractivity (Wildman–Crippen MR) is 240 cm³/mol. The lowest BCUT2D eigenvalue weighted by molar-refractivity contribution is -0.889. The van der Waals surface area contributed by atoms with Crippen molar-refractivity contribution in [1.82, 2.24) is 0 Å². The number of esters is 2. The summed E-state index contributed by atoms with van der Waals surface area (Å²) >= 11 is 0. The van der Waals surface area contributed by atoms with Crippen LogP contribution in [0.15, 0.2) is 24.3 Å². The van der Waals surface area contributed by atoms with Crippen molar-refractivity contribution in [3.8, 4) is 0 Å². The molecule has 0 aliphatic heterocycles. The van der Waals surface area contributed by atoms with Crippen molar-refractivity contribution in [2.24, 2.45) is 0 Å². The van der Waals surface area contributed by atoms with Crippen molar-refractivity contribution >= 4 is 17.9 Å². The van der Waals surface area contributed by atoms with Crippen LogP contribution >= 0.6 is 0 Å². The molecule has 0 amide bonds. The first kappa shape index (κ1) is 55.8. The second-order valence-electron chi connectivity index (χ2n) is 17.7. The molecule has 0 N–H and O–H groups in total. The first-order valence-electron chi connectivity index (χ1n) is 24.4. The number of nitrogens with zero attached hydrogens (tertiary/aromatic N) is 1. The Kier molecular flexibility index (Phi) is 40.0. The van der Waals surface area contributed by atoms with Gasteiger partial charge in [-0.15, -0.1) is 0 Å². The summed E-state index contributed by atoms with van der Waals surface area (Å²) in [5.41, 5.74) is 0. The van der Waals surface area contributed by atoms with Crippen LogP contribution in [0.5, 0.6) is 0 Å². The van der Waals surface area contributed by atoms with E-state index < -0.39 is 18.1 Å². The van der Waals surface area contributed by atoms with Gasteiger partial charge in [-0.2, -0.15) is 0 Å². The van der Waals surface area contributed by atoms with Crippen molar-refractivity contribution < 1.29 is 38.2 Å². The fourth-order valence-electron chi connectivity index (χ4n) is 7.28. The quantitative estimate of drug-likeness (QED) is 0.0261. The molecule has 0 radical (unpaired) electrons. The Balaban J connectivity index is 4.27. The molecule has 2 unspecified atom stereocenters. The molecule has 340 valence electrons. The van der Waals surface area contributed by atoms with Gasteiger partial charge in [0.05, 0.1) is 40.3 Å². The van der Waals surface area contributed by atoms with E-state index in [0.717, 1.165) is 64.2 Å². The summed E-state index contributed by atoms with van der Waals surface area (Å²) in [6.07, 6.45) is 46.3. The van der Waals surface area contributed by atoms with Gasteiger partial charge in [0.25, 0.3) is 0 Å². The average molecular weight is 820 g/mol. The molecule has 8 heteroatoms. The number of aliphatic carboxylic acids is 1. The molecule has 0 aromatic rings. The molecule has 0 aromatic carbocycles. The molecule has 0 aliphatic rings. The van der Waals surface area contributed by atoms with Crippen LogP contribution in [0.25, 0.3) is 0 Å². The second kappa shape index (κ2) is 41.5. The normalized spacial score (nSPS) is 13.1. The number of carboxylic acid groups (broad SMARTS) is 1. The van der Waals surface area contributed by atoms with E-state index in [1.165, 1.54) is 128 Å². The Labute approximate surface area is 358 Å². The van der Waals surface area contributed by atoms with Crippen LogP contribution in [0.2, 0.25) is 0 Å². The Morgan fingerprint density at radius 1 is 0.517 bits per heavy atom. The number of hydrogen-bond acceptors (Lipinski definition) is 7. The summed E-state index contributed by atoms with van der Waals surface area (Å²) in [6.45, 7) is 4.66. The molecule has 0 heterocycles. The highest BCUT2D eigenvalue weighted by atomic mass is 16.6. The monoisotopic (exact) mass is 820 g/mol. The van der Waals surface area contributed by atoms with Gasteiger partial charge in [0, 0.05) is 19.3 Å². The zero-order valence-electron chi connectivity index (χ0n) is 38.7. The van der Waals surface area contributed by atoms with Gasteiger partial charge >= 0.3 is 11.9 Å². The summed E-state index contributed by atoms with van der Waals surface area (Å²) in [5.74, 6) is -1.74. The minimum atomic E-state index is -1.12. The van der Waals surface area contributed by atoms with Gasteiger partial charge in [0.1, 0.15) is 12.6 Å². The van der Waals surface area contributed by atoms with E-state index in [9.17, 15) is 19.5 Å². The van der Waals surface area contributed by atoms with Crippen LogP contribution in [-0.4, -0.2) is 75.5 Å². The van der Waals surface area contributed by atoms with Crippen molar-refractivity contribution in [2.45, 2.75) is 238 Å². The molecule has 0 bridgehead atoms. The van der Waals surface area contributed by atoms with E-state index in [1.54, 1.807) is 21.1 Å². The fraction of sp³-hybridized carbons (Fsp3) is 0.860. The molecule has 0 saturated carbocycles. The third kappa shape index (κ3) is 39.3. The molecular formula is C50H93NO7. The Morgan fingerprint density at radius 3 is 1.34 bits per heavy atom. The number of unbranched alkanes of at least 4 members (excludes halogenated alkanes) is 26. The topological polar surface area (TPSA) is 102 Å². The number of allylic oxidation sites excluding steroid dienone is 4. The smallest absolute Gasteiger partial charge is 0.306 e. The van der Waals surface area contributed by atoms with Crippen molar-refractivity contribution in [2.75, 3.05) is 41.0 Å². The fourth-order valence-corrected chi connectivity index (χ4v) is 7.28. The van der Waals surface area contributed by atoms with E-state index >= 15 is 0 Å². The zero-order chi connectivity index (χ0) is 42.8. The standard InChI is InChI=1S/C50H93NO7/c1-6-8-10-12-14-16-18-20-22-24-25-27-28-30-32-34-36-38-40-48(52)57-45-46(44-56-43-42-47(50(54)55)51(3,4)5)58-49(53)41-39-37-35-33-31-29-26-23-21-19-17-15-13-11-9-7-2/h17,19,23,26,46-47H,6-16,18,20-22,24-25,27-45H2,1-5H3/b19-17-,26-23-. The molecule has 0 aromatic heterocycles. The summed E-state index contributed by atoms with van der Waals surface area (Å²) < 4.78 is 17.2. The van der Waals surface area contributed by atoms with Crippen LogP contribution < -0.4 is 5.11 Å². The second-order valence-corrected chi connectivity index (χ2v) is 17.7. The Bertz CT molecular complexity index is 1000. The Hall–Kier alpha value is -2.19. The SMILES string of the molecule is CCCCCC/C=C\C/C=C\CCCCCCCC(=O)OC(COCCC(C(=O)[O-])[N+](C)(C)C)COC(=O)CCCCCCCCCCCCCCCCCCCC. The zero-order valence-corrected chi connectivity index (χ0v) is 38.7. The molecule has 0 saturated heterocycles. The van der Waals surface area contributed by atoms with Gasteiger partial charge in [-0.3, -0.25) is 9.59 Å². The van der Waals surface area contributed by atoms with Crippen LogP contribution in [0.4, 0.5) is 0 Å². The van der Waals surface area contributed by atoms with Gasteiger partial charge < -0.3 is 28.6 Å². The largest absolute Gasteiger partial charge is 0.544 e. The molecule has 58 heavy (non-hydrogen) atoms. The van der Waals surface area contributed by atoms with Crippen LogP contribution in [-0.2, 0) is 28.6 Å². The molecule has 0 spiro atoms. The Morgan fingerprint density at radius 2 is 0.914 bits per heavy atom. The van der Waals surface area contributed by atoms with Crippen LogP contribution in [0.1, 0.15) is 226 Å². The number of carbonyl (C=O) groups is 3. The number of carbonyl (C=O) groups excluding carboxylic acids is 3. The molecule has 2 atom stereocenters. The van der Waals surface area contributed by atoms with E-state index in [1.807, 2.05) is 0 Å². The lowest BCUT2D eigenvalue weighted by atomic mass is 10.0. The van der Waals surface area contributed by atoms with Crippen LogP contribution in [0, 0.1) is 0 Å². The minimum absolute atomic E-state index is 0.0391. The van der Waals surface area contributed by atoms with Crippen molar-refractivity contribution in [3.05, 3.63) is 24.3 Å². The number of hydrogen-bond donors (Lipinski definition) is 0. The molecule has 8 nitrogen and oxygen atoms in total. The van der Waals surface area contributed by atoms with E-state index in [4.69, 9.17) is 14.2 Å². The minimum Gasteiger partial charge on any atom is -0.544 e.